The summed E-state index contributed by atoms with van der Waals surface area (Å²) in [6, 6.07) is 7.93. The Labute approximate surface area is 121 Å². The van der Waals surface area contributed by atoms with E-state index in [0.717, 1.165) is 11.3 Å². The number of carbonyl (C=O) groups excluding carboxylic acids is 1. The van der Waals surface area contributed by atoms with E-state index in [9.17, 15) is 4.79 Å². The van der Waals surface area contributed by atoms with Crippen molar-refractivity contribution in [1.29, 1.82) is 0 Å². The molecule has 0 radical (unpaired) electrons. The number of ether oxygens (including phenoxy) is 1. The summed E-state index contributed by atoms with van der Waals surface area (Å²) < 4.78 is 5.66. The minimum atomic E-state index is -0.0416. The molecule has 1 aliphatic rings. The van der Waals surface area contributed by atoms with Gasteiger partial charge in [-0.1, -0.05) is 32.0 Å². The third kappa shape index (κ3) is 3.51. The zero-order valence-electron chi connectivity index (χ0n) is 12.7. The van der Waals surface area contributed by atoms with E-state index in [1.807, 2.05) is 36.9 Å². The largest absolute Gasteiger partial charge is 0.372 e. The van der Waals surface area contributed by atoms with Crippen molar-refractivity contribution in [3.05, 3.63) is 29.8 Å². The lowest BCUT2D eigenvalue weighted by Gasteiger charge is -2.35. The highest BCUT2D eigenvalue weighted by atomic mass is 16.5. The Hall–Kier alpha value is -1.55. The molecule has 2 amide bonds. The number of anilines is 1. The number of morpholine rings is 1. The maximum Gasteiger partial charge on any atom is 0.322 e. The summed E-state index contributed by atoms with van der Waals surface area (Å²) in [5.74, 6) is 0.383. The molecule has 1 aromatic carbocycles. The van der Waals surface area contributed by atoms with Gasteiger partial charge in [0.1, 0.15) is 0 Å². The Morgan fingerprint density at radius 1 is 1.25 bits per heavy atom. The summed E-state index contributed by atoms with van der Waals surface area (Å²) in [5.41, 5.74) is 2.06. The van der Waals surface area contributed by atoms with Crippen LogP contribution in [0.15, 0.2) is 24.3 Å². The Morgan fingerprint density at radius 2 is 1.85 bits per heavy atom. The molecule has 0 saturated carbocycles. The van der Waals surface area contributed by atoms with Crippen molar-refractivity contribution in [2.75, 3.05) is 18.4 Å². The third-order valence-corrected chi connectivity index (χ3v) is 3.53. The zero-order chi connectivity index (χ0) is 14.7. The van der Waals surface area contributed by atoms with Crippen molar-refractivity contribution in [1.82, 2.24) is 4.90 Å². The van der Waals surface area contributed by atoms with Gasteiger partial charge in [0.25, 0.3) is 0 Å². The van der Waals surface area contributed by atoms with Crippen molar-refractivity contribution in [3.8, 4) is 0 Å². The number of benzene rings is 1. The van der Waals surface area contributed by atoms with Crippen molar-refractivity contribution < 1.29 is 9.53 Å². The third-order valence-electron chi connectivity index (χ3n) is 3.53. The maximum atomic E-state index is 12.4. The first-order valence-corrected chi connectivity index (χ1v) is 7.27. The Bertz CT molecular complexity index is 463. The Balaban J connectivity index is 2.08. The number of urea groups is 1. The predicted molar refractivity (Wildman–Crippen MR) is 81.1 cm³/mol. The van der Waals surface area contributed by atoms with Crippen LogP contribution in [0.5, 0.6) is 0 Å². The standard InChI is InChI=1S/C16H24N2O2/c1-11(2)14-7-5-6-8-15(14)17-16(19)18-9-12(3)20-13(4)10-18/h5-8,11-13H,9-10H2,1-4H3,(H,17,19). The monoisotopic (exact) mass is 276 g/mol. The molecule has 0 bridgehead atoms. The summed E-state index contributed by atoms with van der Waals surface area (Å²) in [6.07, 6.45) is 0.176. The second kappa shape index (κ2) is 6.27. The fourth-order valence-electron chi connectivity index (χ4n) is 2.65. The van der Waals surface area contributed by atoms with E-state index in [2.05, 4.69) is 25.2 Å². The highest BCUT2D eigenvalue weighted by Gasteiger charge is 2.26. The quantitative estimate of drug-likeness (QED) is 0.899. The van der Waals surface area contributed by atoms with Crippen molar-refractivity contribution in [3.63, 3.8) is 0 Å². The average Bonchev–Trinajstić information content (AvgIpc) is 2.37. The lowest BCUT2D eigenvalue weighted by Crippen LogP contribution is -2.49. The molecular formula is C16H24N2O2. The number of carbonyl (C=O) groups is 1. The highest BCUT2D eigenvalue weighted by molar-refractivity contribution is 5.90. The van der Waals surface area contributed by atoms with Crippen LogP contribution in [0.25, 0.3) is 0 Å². The number of hydrogen-bond donors (Lipinski definition) is 1. The number of para-hydroxylation sites is 1. The molecule has 4 nitrogen and oxygen atoms in total. The number of amides is 2. The SMILES string of the molecule is CC1CN(C(=O)Nc2ccccc2C(C)C)CC(C)O1. The molecule has 0 aromatic heterocycles. The van der Waals surface area contributed by atoms with E-state index in [1.54, 1.807) is 0 Å². The second-order valence-electron chi connectivity index (χ2n) is 5.83. The van der Waals surface area contributed by atoms with Gasteiger partial charge in [0, 0.05) is 18.8 Å². The van der Waals surface area contributed by atoms with E-state index >= 15 is 0 Å². The minimum absolute atomic E-state index is 0.0416. The molecular weight excluding hydrogens is 252 g/mol. The van der Waals surface area contributed by atoms with Crippen molar-refractivity contribution >= 4 is 11.7 Å². The lowest BCUT2D eigenvalue weighted by molar-refractivity contribution is -0.0530. The van der Waals surface area contributed by atoms with E-state index in [-0.39, 0.29) is 18.2 Å². The van der Waals surface area contributed by atoms with Gasteiger partial charge in [0.15, 0.2) is 0 Å². The van der Waals surface area contributed by atoms with Crippen LogP contribution in [-0.4, -0.2) is 36.2 Å². The first kappa shape index (κ1) is 14.9. The molecule has 1 N–H and O–H groups in total. The molecule has 1 aromatic rings. The van der Waals surface area contributed by atoms with Crippen molar-refractivity contribution in [2.24, 2.45) is 0 Å². The van der Waals surface area contributed by atoms with Crippen LogP contribution in [-0.2, 0) is 4.74 Å². The second-order valence-corrected chi connectivity index (χ2v) is 5.83. The molecule has 1 fully saturated rings. The number of nitrogens with zero attached hydrogens (tertiary/aromatic N) is 1. The molecule has 20 heavy (non-hydrogen) atoms. The van der Waals surface area contributed by atoms with Crippen LogP contribution >= 0.6 is 0 Å². The average molecular weight is 276 g/mol. The molecule has 110 valence electrons. The molecule has 1 heterocycles. The van der Waals surface area contributed by atoms with Gasteiger partial charge in [-0.2, -0.15) is 0 Å². The maximum absolute atomic E-state index is 12.4. The molecule has 0 aliphatic carbocycles. The molecule has 4 heteroatoms. The van der Waals surface area contributed by atoms with Gasteiger partial charge in [0.05, 0.1) is 12.2 Å². The summed E-state index contributed by atoms with van der Waals surface area (Å²) in [4.78, 5) is 14.2. The minimum Gasteiger partial charge on any atom is -0.372 e. The van der Waals surface area contributed by atoms with Crippen LogP contribution in [0.1, 0.15) is 39.2 Å². The Kier molecular flexibility index (Phi) is 4.65. The van der Waals surface area contributed by atoms with Crippen LogP contribution in [0.4, 0.5) is 10.5 Å². The molecule has 1 aliphatic heterocycles. The van der Waals surface area contributed by atoms with Crippen LogP contribution in [0.2, 0.25) is 0 Å². The van der Waals surface area contributed by atoms with Crippen LogP contribution in [0.3, 0.4) is 0 Å². The predicted octanol–water partition coefficient (Wildman–Crippen LogP) is 3.45. The fraction of sp³-hybridized carbons (Fsp3) is 0.562. The van der Waals surface area contributed by atoms with Gasteiger partial charge in [-0.25, -0.2) is 4.79 Å². The highest BCUT2D eigenvalue weighted by Crippen LogP contribution is 2.24. The number of rotatable bonds is 2. The molecule has 1 saturated heterocycles. The van der Waals surface area contributed by atoms with Crippen molar-refractivity contribution in [2.45, 2.75) is 45.8 Å². The topological polar surface area (TPSA) is 41.6 Å². The molecule has 2 atom stereocenters. The van der Waals surface area contributed by atoms with Crippen LogP contribution < -0.4 is 5.32 Å². The van der Waals surface area contributed by atoms with E-state index in [1.165, 1.54) is 0 Å². The molecule has 2 rings (SSSR count). The van der Waals surface area contributed by atoms with Gasteiger partial charge >= 0.3 is 6.03 Å². The van der Waals surface area contributed by atoms with E-state index < -0.39 is 0 Å². The summed E-state index contributed by atoms with van der Waals surface area (Å²) in [7, 11) is 0. The Morgan fingerprint density at radius 3 is 2.45 bits per heavy atom. The van der Waals surface area contributed by atoms with Gasteiger partial charge in [0.2, 0.25) is 0 Å². The van der Waals surface area contributed by atoms with E-state index in [0.29, 0.717) is 19.0 Å². The number of nitrogens with one attached hydrogen (secondary N) is 1. The summed E-state index contributed by atoms with van der Waals surface area (Å²) >= 11 is 0. The molecule has 0 spiro atoms. The zero-order valence-corrected chi connectivity index (χ0v) is 12.7. The van der Waals surface area contributed by atoms with E-state index in [4.69, 9.17) is 4.74 Å². The fourth-order valence-corrected chi connectivity index (χ4v) is 2.65. The lowest BCUT2D eigenvalue weighted by atomic mass is 10.0. The van der Waals surface area contributed by atoms with Gasteiger partial charge in [-0.3, -0.25) is 0 Å². The van der Waals surface area contributed by atoms with Crippen LogP contribution in [0, 0.1) is 0 Å². The summed E-state index contributed by atoms with van der Waals surface area (Å²) in [6.45, 7) is 9.53. The normalized spacial score (nSPS) is 22.9. The van der Waals surface area contributed by atoms with Gasteiger partial charge < -0.3 is 15.0 Å². The first-order valence-electron chi connectivity index (χ1n) is 7.27. The van der Waals surface area contributed by atoms with Gasteiger partial charge in [-0.15, -0.1) is 0 Å². The smallest absolute Gasteiger partial charge is 0.322 e. The summed E-state index contributed by atoms with van der Waals surface area (Å²) in [5, 5.41) is 3.03. The van der Waals surface area contributed by atoms with Gasteiger partial charge in [-0.05, 0) is 31.4 Å². The number of hydrogen-bond acceptors (Lipinski definition) is 2. The molecule has 2 unspecified atom stereocenters. The first-order chi connectivity index (χ1) is 9.47.